The predicted molar refractivity (Wildman–Crippen MR) is 313 cm³/mol. The summed E-state index contributed by atoms with van der Waals surface area (Å²) in [7, 11) is 0. The van der Waals surface area contributed by atoms with Crippen molar-refractivity contribution >= 4 is 55.0 Å². The lowest BCUT2D eigenvalue weighted by Gasteiger charge is -2.27. The molecule has 0 aliphatic heterocycles. The number of rotatable bonds is 22. The minimum atomic E-state index is -1.03. The van der Waals surface area contributed by atoms with Crippen LogP contribution in [0.4, 0.5) is 0 Å². The minimum absolute atomic E-state index is 0.0451. The van der Waals surface area contributed by atoms with E-state index in [0.717, 1.165) is 65.3 Å². The first-order valence-corrected chi connectivity index (χ1v) is 26.8. The van der Waals surface area contributed by atoms with Crippen LogP contribution in [0.5, 0.6) is 23.0 Å². The fourth-order valence-electron chi connectivity index (χ4n) is 10.1. The van der Waals surface area contributed by atoms with E-state index in [1.807, 2.05) is 194 Å². The van der Waals surface area contributed by atoms with Gasteiger partial charge in [-0.1, -0.05) is 173 Å². The van der Waals surface area contributed by atoms with Gasteiger partial charge in [0, 0.05) is 10.8 Å². The third kappa shape index (κ3) is 12.4. The molecule has 11 nitrogen and oxygen atoms in total. The van der Waals surface area contributed by atoms with E-state index < -0.39 is 30.3 Å². The van der Waals surface area contributed by atoms with Gasteiger partial charge in [-0.2, -0.15) is 0 Å². The van der Waals surface area contributed by atoms with E-state index in [0.29, 0.717) is 34.1 Å². The van der Waals surface area contributed by atoms with Gasteiger partial charge in [0.05, 0.1) is 11.1 Å². The highest BCUT2D eigenvalue weighted by atomic mass is 16.6. The topological polar surface area (TPSA) is 150 Å². The predicted octanol–water partition coefficient (Wildman–Crippen LogP) is 13.0. The number of aliphatic hydroxyl groups is 3. The normalized spacial score (nSPS) is 12.9. The summed E-state index contributed by atoms with van der Waals surface area (Å²) in [5.41, 5.74) is 4.47. The van der Waals surface area contributed by atoms with Crippen LogP contribution in [0.3, 0.4) is 0 Å². The van der Waals surface area contributed by atoms with Crippen LogP contribution in [0, 0.1) is 0 Å². The van der Waals surface area contributed by atoms with Gasteiger partial charge in [0.1, 0.15) is 81.0 Å². The molecule has 11 heteroatoms. The van der Waals surface area contributed by atoms with Crippen LogP contribution in [0.2, 0.25) is 0 Å². The van der Waals surface area contributed by atoms with Crippen molar-refractivity contribution in [3.8, 4) is 23.0 Å². The van der Waals surface area contributed by atoms with Crippen LogP contribution in [0.1, 0.15) is 70.7 Å². The van der Waals surface area contributed by atoms with Crippen molar-refractivity contribution in [2.45, 2.75) is 56.8 Å². The second kappa shape index (κ2) is 24.1. The monoisotopic (exact) mass is 1070 g/mol. The lowest BCUT2D eigenvalue weighted by molar-refractivity contribution is 0.0130. The fourth-order valence-corrected chi connectivity index (χ4v) is 10.1. The molecule has 0 heterocycles. The zero-order chi connectivity index (χ0) is 55.8. The van der Waals surface area contributed by atoms with Gasteiger partial charge in [0.2, 0.25) is 0 Å². The first-order valence-electron chi connectivity index (χ1n) is 26.8. The van der Waals surface area contributed by atoms with Gasteiger partial charge in [-0.25, -0.2) is 9.59 Å². The summed E-state index contributed by atoms with van der Waals surface area (Å²) in [6.45, 7) is 8.08. The van der Waals surface area contributed by atoms with E-state index >= 15 is 0 Å². The van der Waals surface area contributed by atoms with E-state index in [-0.39, 0.29) is 50.5 Å². The number of benzene rings is 10. The zero-order valence-corrected chi connectivity index (χ0v) is 45.2. The molecule has 0 bridgehead atoms. The number of hydrogen-bond donors (Lipinski definition) is 3. The molecule has 0 fully saturated rings. The molecule has 0 aromatic heterocycles. The fraction of sp³-hybridized carbons (Fsp3) is 0.217. The van der Waals surface area contributed by atoms with Crippen LogP contribution in [-0.4, -0.2) is 85.2 Å². The molecule has 10 aromatic carbocycles. The summed E-state index contributed by atoms with van der Waals surface area (Å²) in [5.74, 6) is 1.41. The van der Waals surface area contributed by atoms with Crippen molar-refractivity contribution in [3.05, 3.63) is 240 Å². The van der Waals surface area contributed by atoms with Gasteiger partial charge in [-0.05, 0) is 126 Å². The Morgan fingerprint density at radius 1 is 0.338 bits per heavy atom. The molecule has 0 aliphatic rings. The summed E-state index contributed by atoms with van der Waals surface area (Å²) in [6, 6.07) is 65.9. The van der Waals surface area contributed by atoms with Gasteiger partial charge >= 0.3 is 11.9 Å². The molecule has 10 aromatic rings. The highest BCUT2D eigenvalue weighted by Crippen LogP contribution is 2.36. The van der Waals surface area contributed by atoms with Crippen LogP contribution in [0.15, 0.2) is 206 Å². The first kappa shape index (κ1) is 54.6. The third-order valence-electron chi connectivity index (χ3n) is 14.8. The summed E-state index contributed by atoms with van der Waals surface area (Å²) < 4.78 is 34.9. The molecule has 0 amide bonds. The number of aliphatic hydroxyl groups excluding tert-OH is 3. The molecule has 406 valence electrons. The third-order valence-corrected chi connectivity index (χ3v) is 14.8. The van der Waals surface area contributed by atoms with Crippen LogP contribution >= 0.6 is 0 Å². The van der Waals surface area contributed by atoms with Gasteiger partial charge in [0.15, 0.2) is 0 Å². The molecule has 0 saturated carbocycles. The number of carbonyl (C=O) groups is 2. The van der Waals surface area contributed by atoms with E-state index in [4.69, 9.17) is 28.4 Å². The maximum absolute atomic E-state index is 13.4. The maximum atomic E-state index is 13.4. The van der Waals surface area contributed by atoms with E-state index in [1.54, 1.807) is 0 Å². The largest absolute Gasteiger partial charge is 0.491 e. The Morgan fingerprint density at radius 2 is 0.562 bits per heavy atom. The lowest BCUT2D eigenvalue weighted by Crippen LogP contribution is -2.25. The highest BCUT2D eigenvalue weighted by molar-refractivity contribution is 6.17. The molecule has 2 unspecified atom stereocenters. The highest BCUT2D eigenvalue weighted by Gasteiger charge is 2.26. The summed E-state index contributed by atoms with van der Waals surface area (Å²) in [6.07, 6.45) is -2.93. The van der Waals surface area contributed by atoms with E-state index in [2.05, 4.69) is 39.8 Å². The average Bonchev–Trinajstić information content (AvgIpc) is 3.49. The van der Waals surface area contributed by atoms with Gasteiger partial charge in [-0.15, -0.1) is 0 Å². The van der Waals surface area contributed by atoms with Crippen LogP contribution in [-0.2, 0) is 20.3 Å². The molecule has 80 heavy (non-hydrogen) atoms. The van der Waals surface area contributed by atoms with Crippen LogP contribution in [0.25, 0.3) is 43.1 Å². The molecule has 0 spiro atoms. The van der Waals surface area contributed by atoms with Gasteiger partial charge in [0.25, 0.3) is 0 Å². The van der Waals surface area contributed by atoms with Crippen molar-refractivity contribution < 1.29 is 53.3 Å². The molecule has 3 N–H and O–H groups in total. The Balaban J connectivity index is 0.638. The molecule has 0 saturated heterocycles. The summed E-state index contributed by atoms with van der Waals surface area (Å²) >= 11 is 0. The second-order valence-corrected chi connectivity index (χ2v) is 21.1. The number of esters is 2. The van der Waals surface area contributed by atoms with E-state index in [1.165, 1.54) is 0 Å². The molecule has 0 radical (unpaired) electrons. The standard InChI is InChI=1S/C69H64O11/c1-68(2,51-25-33-58(34-26-51)77-41-54(71)43-79-66(73)64-60-17-9-5-13-45(60)37-46-14-6-10-18-61(46)64)49-21-29-56(30-22-49)75-39-53(70)40-76-57-31-23-50(24-32-57)69(3,4)52-27-35-59(36-28-52)78-42-55(72)44-80-67(74)65-62-19-11-7-15-47(62)38-48-16-8-12-20-63(48)65/h5-38,53-55,70-72H,39-44H2,1-4H3. The van der Waals surface area contributed by atoms with Gasteiger partial charge < -0.3 is 43.7 Å². The summed E-state index contributed by atoms with van der Waals surface area (Å²) in [4.78, 5) is 26.8. The SMILES string of the molecule is CC(C)(c1ccc(OCC(O)COC(=O)c2c3ccccc3cc3ccccc23)cc1)c1ccc(OCC(O)COc2ccc(C(C)(C)c3ccc(OCC(O)COC(=O)c4c5ccccc5cc5ccccc45)cc3)cc2)cc1. The molecular weight excluding hydrogens is 1000 g/mol. The number of hydrogen-bond acceptors (Lipinski definition) is 11. The molecule has 0 aliphatic carbocycles. The number of carbonyl (C=O) groups excluding carboxylic acids is 2. The number of ether oxygens (including phenoxy) is 6. The lowest BCUT2D eigenvalue weighted by atomic mass is 9.78. The van der Waals surface area contributed by atoms with E-state index in [9.17, 15) is 24.9 Å². The van der Waals surface area contributed by atoms with Crippen molar-refractivity contribution in [1.29, 1.82) is 0 Å². The molecule has 2 atom stereocenters. The molecule has 10 rings (SSSR count). The Hall–Kier alpha value is -8.74. The van der Waals surface area contributed by atoms with Crippen LogP contribution < -0.4 is 18.9 Å². The minimum Gasteiger partial charge on any atom is -0.491 e. The van der Waals surface area contributed by atoms with Crippen molar-refractivity contribution in [3.63, 3.8) is 0 Å². The second-order valence-electron chi connectivity index (χ2n) is 21.1. The van der Waals surface area contributed by atoms with Crippen molar-refractivity contribution in [2.24, 2.45) is 0 Å². The first-order chi connectivity index (χ1) is 38.7. The Morgan fingerprint density at radius 3 is 0.812 bits per heavy atom. The van der Waals surface area contributed by atoms with Crippen molar-refractivity contribution in [1.82, 2.24) is 0 Å². The molecular formula is C69H64O11. The number of fused-ring (bicyclic) bond motifs is 4. The van der Waals surface area contributed by atoms with Crippen molar-refractivity contribution in [2.75, 3.05) is 39.6 Å². The Bertz CT molecular complexity index is 3400. The van der Waals surface area contributed by atoms with Gasteiger partial charge in [-0.3, -0.25) is 0 Å². The smallest absolute Gasteiger partial charge is 0.339 e. The summed E-state index contributed by atoms with van der Waals surface area (Å²) in [5, 5.41) is 39.2. The maximum Gasteiger partial charge on any atom is 0.339 e. The Labute approximate surface area is 465 Å². The quantitative estimate of drug-likeness (QED) is 0.0440. The zero-order valence-electron chi connectivity index (χ0n) is 45.2. The average molecular weight is 1070 g/mol. The Kier molecular flexibility index (Phi) is 16.5.